The van der Waals surface area contributed by atoms with Crippen molar-refractivity contribution in [2.45, 2.75) is 12.4 Å². The Hall–Kier alpha value is -2.30. The van der Waals surface area contributed by atoms with E-state index in [1.54, 1.807) is 0 Å². The molecule has 0 aliphatic heterocycles. The van der Waals surface area contributed by atoms with Crippen molar-refractivity contribution in [3.05, 3.63) is 22.8 Å². The van der Waals surface area contributed by atoms with Crippen molar-refractivity contribution in [3.8, 4) is 11.5 Å². The number of aromatic hydroxyl groups is 1. The van der Waals surface area contributed by atoms with E-state index in [9.17, 15) is 36.3 Å². The summed E-state index contributed by atoms with van der Waals surface area (Å²) in [5.74, 6) is -3.04. The van der Waals surface area contributed by atoms with Crippen molar-refractivity contribution >= 4 is 22.4 Å². The smallest absolute Gasteiger partial charge is 0.507 e. The molecule has 0 aromatic heterocycles. The van der Waals surface area contributed by atoms with E-state index in [1.807, 2.05) is 0 Å². The standard InChI is InChI=1S/C11H9F3O7S/c1-5-6(4-15)9(10(17)20-2)7(16)3-8(5)21-22(18,19)11(12,13)14/h3-4,16H,1-2H3. The van der Waals surface area contributed by atoms with Crippen LogP contribution in [-0.4, -0.2) is 38.4 Å². The third kappa shape index (κ3) is 3.13. The summed E-state index contributed by atoms with van der Waals surface area (Å²) >= 11 is 0. The lowest BCUT2D eigenvalue weighted by Crippen LogP contribution is -2.28. The van der Waals surface area contributed by atoms with Crippen molar-refractivity contribution in [1.29, 1.82) is 0 Å². The van der Waals surface area contributed by atoms with Gasteiger partial charge >= 0.3 is 21.6 Å². The predicted octanol–water partition coefficient (Wildman–Crippen LogP) is 1.53. The van der Waals surface area contributed by atoms with Gasteiger partial charge in [0.05, 0.1) is 7.11 Å². The quantitative estimate of drug-likeness (QED) is 0.383. The Morgan fingerprint density at radius 3 is 2.32 bits per heavy atom. The lowest BCUT2D eigenvalue weighted by molar-refractivity contribution is -0.0500. The van der Waals surface area contributed by atoms with Gasteiger partial charge in [-0.1, -0.05) is 0 Å². The minimum absolute atomic E-state index is 0.0500. The Labute approximate surface area is 122 Å². The number of carbonyl (C=O) groups is 2. The first-order valence-electron chi connectivity index (χ1n) is 5.37. The number of aldehydes is 1. The number of methoxy groups -OCH3 is 1. The summed E-state index contributed by atoms with van der Waals surface area (Å²) in [7, 11) is -5.05. The molecule has 0 amide bonds. The van der Waals surface area contributed by atoms with Crippen LogP contribution in [0.25, 0.3) is 0 Å². The molecule has 0 unspecified atom stereocenters. The highest BCUT2D eigenvalue weighted by atomic mass is 32.2. The number of phenolic OH excluding ortho intramolecular Hbond substituents is 1. The number of carbonyl (C=O) groups excluding carboxylic acids is 2. The number of alkyl halides is 3. The Morgan fingerprint density at radius 1 is 1.36 bits per heavy atom. The van der Waals surface area contributed by atoms with E-state index >= 15 is 0 Å². The third-order valence-corrected chi connectivity index (χ3v) is 3.52. The first-order chi connectivity index (χ1) is 9.96. The average Bonchev–Trinajstić information content (AvgIpc) is 2.39. The Kier molecular flexibility index (Phi) is 4.70. The van der Waals surface area contributed by atoms with E-state index in [2.05, 4.69) is 8.92 Å². The number of benzene rings is 1. The number of ether oxygens (including phenoxy) is 1. The van der Waals surface area contributed by atoms with Gasteiger partial charge in [-0.25, -0.2) is 4.79 Å². The molecule has 1 rings (SSSR count). The summed E-state index contributed by atoms with van der Waals surface area (Å²) in [5, 5.41) is 9.61. The monoisotopic (exact) mass is 342 g/mol. The average molecular weight is 342 g/mol. The molecule has 122 valence electrons. The second kappa shape index (κ2) is 5.83. The molecule has 0 fully saturated rings. The van der Waals surface area contributed by atoms with Gasteiger partial charge in [-0.15, -0.1) is 0 Å². The molecule has 1 aromatic carbocycles. The molecule has 0 saturated carbocycles. The molecular weight excluding hydrogens is 333 g/mol. The van der Waals surface area contributed by atoms with Crippen LogP contribution < -0.4 is 4.18 Å². The number of esters is 1. The zero-order valence-electron chi connectivity index (χ0n) is 11.1. The van der Waals surface area contributed by atoms with E-state index in [-0.39, 0.29) is 11.8 Å². The maximum Gasteiger partial charge on any atom is 0.534 e. The fourth-order valence-corrected chi connectivity index (χ4v) is 1.98. The fraction of sp³-hybridized carbons (Fsp3) is 0.273. The van der Waals surface area contributed by atoms with Crippen molar-refractivity contribution in [2.75, 3.05) is 7.11 Å². The maximum absolute atomic E-state index is 12.3. The van der Waals surface area contributed by atoms with Gasteiger partial charge in [0.15, 0.2) is 6.29 Å². The summed E-state index contributed by atoms with van der Waals surface area (Å²) in [6.07, 6.45) is 0.0500. The van der Waals surface area contributed by atoms with Gasteiger partial charge in [0.2, 0.25) is 0 Å². The van der Waals surface area contributed by atoms with Gasteiger partial charge in [0, 0.05) is 17.2 Å². The third-order valence-electron chi connectivity index (χ3n) is 2.56. The highest BCUT2D eigenvalue weighted by Crippen LogP contribution is 2.35. The van der Waals surface area contributed by atoms with E-state index in [1.165, 1.54) is 0 Å². The van der Waals surface area contributed by atoms with Gasteiger partial charge in [0.25, 0.3) is 0 Å². The van der Waals surface area contributed by atoms with Gasteiger partial charge in [-0.3, -0.25) is 4.79 Å². The molecule has 0 heterocycles. The molecule has 7 nitrogen and oxygen atoms in total. The Morgan fingerprint density at radius 2 is 1.91 bits per heavy atom. The van der Waals surface area contributed by atoms with E-state index in [4.69, 9.17) is 0 Å². The van der Waals surface area contributed by atoms with Crippen LogP contribution >= 0.6 is 0 Å². The van der Waals surface area contributed by atoms with Crippen LogP contribution in [0.4, 0.5) is 13.2 Å². The molecule has 0 aliphatic rings. The summed E-state index contributed by atoms with van der Waals surface area (Å²) in [6, 6.07) is 0.470. The number of halogens is 3. The zero-order chi connectivity index (χ0) is 17.3. The molecule has 0 aliphatic carbocycles. The molecule has 0 spiro atoms. The molecule has 1 N–H and O–H groups in total. The molecule has 22 heavy (non-hydrogen) atoms. The summed E-state index contributed by atoms with van der Waals surface area (Å²) in [4.78, 5) is 22.4. The number of hydrogen-bond donors (Lipinski definition) is 1. The largest absolute Gasteiger partial charge is 0.534 e. The van der Waals surface area contributed by atoms with Gasteiger partial charge in [0.1, 0.15) is 17.1 Å². The summed E-state index contributed by atoms with van der Waals surface area (Å²) in [5.41, 5.74) is -7.26. The molecule has 0 radical (unpaired) electrons. The van der Waals surface area contributed by atoms with Crippen LogP contribution in [0.1, 0.15) is 26.3 Å². The van der Waals surface area contributed by atoms with Crippen LogP contribution in [-0.2, 0) is 14.9 Å². The van der Waals surface area contributed by atoms with Gasteiger partial charge in [-0.05, 0) is 6.92 Å². The number of hydrogen-bond acceptors (Lipinski definition) is 7. The minimum atomic E-state index is -6.00. The highest BCUT2D eigenvalue weighted by molar-refractivity contribution is 7.88. The normalized spacial score (nSPS) is 11.9. The molecule has 0 bridgehead atoms. The van der Waals surface area contributed by atoms with Crippen LogP contribution in [0.15, 0.2) is 6.07 Å². The van der Waals surface area contributed by atoms with E-state index in [0.29, 0.717) is 6.07 Å². The Balaban J connectivity index is 3.53. The molecular formula is C11H9F3O7S. The predicted molar refractivity (Wildman–Crippen MR) is 65.2 cm³/mol. The first kappa shape index (κ1) is 17.8. The van der Waals surface area contributed by atoms with Crippen molar-refractivity contribution < 1.29 is 45.2 Å². The van der Waals surface area contributed by atoms with Gasteiger partial charge in [-0.2, -0.15) is 21.6 Å². The molecule has 11 heteroatoms. The van der Waals surface area contributed by atoms with Crippen molar-refractivity contribution in [2.24, 2.45) is 0 Å². The fourth-order valence-electron chi connectivity index (χ4n) is 1.48. The summed E-state index contributed by atoms with van der Waals surface area (Å²) in [6.45, 7) is 1.04. The lowest BCUT2D eigenvalue weighted by atomic mass is 10.0. The van der Waals surface area contributed by atoms with Crippen LogP contribution in [0.2, 0.25) is 0 Å². The number of rotatable bonds is 4. The zero-order valence-corrected chi connectivity index (χ0v) is 11.9. The Bertz CT molecular complexity index is 722. The van der Waals surface area contributed by atoms with E-state index < -0.39 is 44.2 Å². The SMILES string of the molecule is COC(=O)c1c(O)cc(OS(=O)(=O)C(F)(F)F)c(C)c1C=O. The lowest BCUT2D eigenvalue weighted by Gasteiger charge is -2.15. The van der Waals surface area contributed by atoms with E-state index in [0.717, 1.165) is 14.0 Å². The summed E-state index contributed by atoms with van der Waals surface area (Å²) < 4.78 is 66.9. The van der Waals surface area contributed by atoms with Crippen LogP contribution in [0, 0.1) is 6.92 Å². The second-order valence-corrected chi connectivity index (χ2v) is 5.44. The topological polar surface area (TPSA) is 107 Å². The molecule has 0 saturated heterocycles. The molecule has 1 aromatic rings. The van der Waals surface area contributed by atoms with Crippen molar-refractivity contribution in [3.63, 3.8) is 0 Å². The number of phenols is 1. The van der Waals surface area contributed by atoms with Crippen LogP contribution in [0.3, 0.4) is 0 Å². The minimum Gasteiger partial charge on any atom is -0.507 e. The maximum atomic E-state index is 12.3. The molecule has 0 atom stereocenters. The first-order valence-corrected chi connectivity index (χ1v) is 6.78. The highest BCUT2D eigenvalue weighted by Gasteiger charge is 2.49. The van der Waals surface area contributed by atoms with Gasteiger partial charge < -0.3 is 14.0 Å². The second-order valence-electron chi connectivity index (χ2n) is 3.90. The van der Waals surface area contributed by atoms with Crippen LogP contribution in [0.5, 0.6) is 11.5 Å². The van der Waals surface area contributed by atoms with Crippen molar-refractivity contribution in [1.82, 2.24) is 0 Å².